The highest BCUT2D eigenvalue weighted by Crippen LogP contribution is 2.36. The highest BCUT2D eigenvalue weighted by atomic mass is 32.2. The third kappa shape index (κ3) is 4.03. The summed E-state index contributed by atoms with van der Waals surface area (Å²) < 4.78 is 45.5. The molecular weight excluding hydrogens is 432 g/mol. The van der Waals surface area contributed by atoms with E-state index in [2.05, 4.69) is 9.71 Å². The van der Waals surface area contributed by atoms with Crippen LogP contribution in [-0.2, 0) is 14.8 Å². The third-order valence-corrected chi connectivity index (χ3v) is 7.02. The summed E-state index contributed by atoms with van der Waals surface area (Å²) in [7, 11) is -2.13. The second-order valence-electron chi connectivity index (χ2n) is 7.72. The molecule has 0 aliphatic carbocycles. The molecule has 1 fully saturated rings. The number of sulfonamides is 1. The Balaban J connectivity index is 1.58. The molecule has 2 aliphatic rings. The summed E-state index contributed by atoms with van der Waals surface area (Å²) in [5.74, 6) is 1.86. The number of methoxy groups -OCH3 is 1. The minimum atomic E-state index is -3.84. The Labute approximate surface area is 186 Å². The van der Waals surface area contributed by atoms with Crippen LogP contribution in [-0.4, -0.2) is 57.9 Å². The Bertz CT molecular complexity index is 1230. The van der Waals surface area contributed by atoms with Crippen LogP contribution in [0.1, 0.15) is 12.8 Å². The van der Waals surface area contributed by atoms with Gasteiger partial charge in [0.2, 0.25) is 0 Å². The monoisotopic (exact) mass is 456 g/mol. The molecule has 0 saturated carbocycles. The zero-order valence-electron chi connectivity index (χ0n) is 17.7. The molecule has 0 bridgehead atoms. The molecule has 0 spiro atoms. The second kappa shape index (κ2) is 8.44. The molecule has 10 heteroatoms. The van der Waals surface area contributed by atoms with Crippen LogP contribution < -0.4 is 19.1 Å². The van der Waals surface area contributed by atoms with Gasteiger partial charge in [0, 0.05) is 32.3 Å². The highest BCUT2D eigenvalue weighted by molar-refractivity contribution is 7.92. The molecule has 9 nitrogen and oxygen atoms in total. The summed E-state index contributed by atoms with van der Waals surface area (Å²) in [4.78, 5) is 11.6. The predicted molar refractivity (Wildman–Crippen MR) is 120 cm³/mol. The van der Waals surface area contributed by atoms with Crippen LogP contribution in [0.5, 0.6) is 11.5 Å². The molecule has 0 atom stereocenters. The topological polar surface area (TPSA) is 103 Å². The van der Waals surface area contributed by atoms with Crippen molar-refractivity contribution < 1.29 is 22.6 Å². The van der Waals surface area contributed by atoms with Crippen molar-refractivity contribution >= 4 is 32.7 Å². The van der Waals surface area contributed by atoms with Crippen molar-refractivity contribution in [3.63, 3.8) is 0 Å². The van der Waals surface area contributed by atoms with E-state index in [1.807, 2.05) is 4.90 Å². The Kier molecular flexibility index (Phi) is 5.48. The van der Waals surface area contributed by atoms with Gasteiger partial charge in [-0.3, -0.25) is 4.72 Å². The minimum Gasteiger partial charge on any atom is -0.486 e. The number of rotatable bonds is 5. The van der Waals surface area contributed by atoms with E-state index >= 15 is 0 Å². The molecule has 3 heterocycles. The largest absolute Gasteiger partial charge is 0.486 e. The average molecular weight is 457 g/mol. The number of nitrogens with one attached hydrogen (secondary N) is 1. The van der Waals surface area contributed by atoms with E-state index < -0.39 is 10.0 Å². The second-order valence-corrected chi connectivity index (χ2v) is 9.40. The van der Waals surface area contributed by atoms with Gasteiger partial charge in [-0.2, -0.15) is 0 Å². The molecule has 1 saturated heterocycles. The number of hydrogen-bond acceptors (Lipinski definition) is 8. The number of fused-ring (bicyclic) bond motifs is 2. The Morgan fingerprint density at radius 1 is 1.00 bits per heavy atom. The van der Waals surface area contributed by atoms with Crippen LogP contribution in [0.3, 0.4) is 0 Å². The van der Waals surface area contributed by atoms with E-state index in [0.29, 0.717) is 54.7 Å². The van der Waals surface area contributed by atoms with Crippen molar-refractivity contribution in [3.05, 3.63) is 42.5 Å². The van der Waals surface area contributed by atoms with Crippen LogP contribution in [0.25, 0.3) is 11.0 Å². The van der Waals surface area contributed by atoms with Crippen molar-refractivity contribution in [1.82, 2.24) is 9.97 Å². The molecule has 1 N–H and O–H groups in total. The lowest BCUT2D eigenvalue weighted by Crippen LogP contribution is -2.37. The zero-order chi connectivity index (χ0) is 22.1. The van der Waals surface area contributed by atoms with E-state index in [4.69, 9.17) is 19.2 Å². The molecule has 2 aliphatic heterocycles. The number of ether oxygens (including phenoxy) is 3. The van der Waals surface area contributed by atoms with Gasteiger partial charge in [-0.05, 0) is 25.0 Å². The van der Waals surface area contributed by atoms with Gasteiger partial charge in [-0.1, -0.05) is 18.2 Å². The number of piperidine rings is 1. The van der Waals surface area contributed by atoms with Crippen LogP contribution in [0, 0.1) is 0 Å². The maximum absolute atomic E-state index is 13.0. The summed E-state index contributed by atoms with van der Waals surface area (Å²) in [5.41, 5.74) is 1.14. The summed E-state index contributed by atoms with van der Waals surface area (Å²) in [5, 5.41) is 0. The molecule has 32 heavy (non-hydrogen) atoms. The lowest BCUT2D eigenvalue weighted by molar-refractivity contribution is 0.0818. The van der Waals surface area contributed by atoms with E-state index in [0.717, 1.165) is 12.8 Å². The van der Waals surface area contributed by atoms with Gasteiger partial charge in [0.1, 0.15) is 13.2 Å². The summed E-state index contributed by atoms with van der Waals surface area (Å²) in [6.07, 6.45) is 1.83. The fraction of sp³-hybridized carbons (Fsp3) is 0.364. The van der Waals surface area contributed by atoms with Crippen LogP contribution in [0.4, 0.5) is 11.6 Å². The van der Waals surface area contributed by atoms with Crippen LogP contribution >= 0.6 is 0 Å². The third-order valence-electron chi connectivity index (χ3n) is 5.67. The standard InChI is InChI=1S/C22H24N4O5S/c1-29-15-7-9-26(10-8-15)22-21(25-32(27,28)16-5-3-2-4-6-16)23-17-13-19-20(14-18(17)24-22)31-12-11-30-19/h2-6,13-15H,7-12H2,1H3,(H,23,25). The van der Waals surface area contributed by atoms with Crippen molar-refractivity contribution in [2.75, 3.05) is 43.0 Å². The van der Waals surface area contributed by atoms with Gasteiger partial charge in [-0.25, -0.2) is 18.4 Å². The molecule has 5 rings (SSSR count). The summed E-state index contributed by atoms with van der Waals surface area (Å²) in [6.45, 7) is 2.29. The van der Waals surface area contributed by atoms with Crippen molar-refractivity contribution in [3.8, 4) is 11.5 Å². The normalized spacial score (nSPS) is 16.8. The van der Waals surface area contributed by atoms with Crippen LogP contribution in [0.15, 0.2) is 47.4 Å². The molecule has 168 valence electrons. The van der Waals surface area contributed by atoms with Crippen LogP contribution in [0.2, 0.25) is 0 Å². The van der Waals surface area contributed by atoms with Crippen molar-refractivity contribution in [2.45, 2.75) is 23.8 Å². The van der Waals surface area contributed by atoms with E-state index in [1.165, 1.54) is 0 Å². The first-order valence-corrected chi connectivity index (χ1v) is 12.0. The van der Waals surface area contributed by atoms with Crippen molar-refractivity contribution in [1.29, 1.82) is 0 Å². The molecule has 0 radical (unpaired) electrons. The van der Waals surface area contributed by atoms with Gasteiger partial charge < -0.3 is 19.1 Å². The van der Waals surface area contributed by atoms with Crippen molar-refractivity contribution in [2.24, 2.45) is 0 Å². The first kappa shape index (κ1) is 20.8. The fourth-order valence-electron chi connectivity index (χ4n) is 3.96. The van der Waals surface area contributed by atoms with E-state index in [1.54, 1.807) is 49.6 Å². The predicted octanol–water partition coefficient (Wildman–Crippen LogP) is 2.82. The smallest absolute Gasteiger partial charge is 0.263 e. The zero-order valence-corrected chi connectivity index (χ0v) is 18.5. The van der Waals surface area contributed by atoms with Gasteiger partial charge in [0.05, 0.1) is 22.0 Å². The maximum atomic E-state index is 13.0. The van der Waals surface area contributed by atoms with E-state index in [9.17, 15) is 8.42 Å². The number of benzene rings is 2. The van der Waals surface area contributed by atoms with Gasteiger partial charge in [-0.15, -0.1) is 0 Å². The minimum absolute atomic E-state index is 0.160. The average Bonchev–Trinajstić information content (AvgIpc) is 2.83. The lowest BCUT2D eigenvalue weighted by atomic mass is 10.1. The number of aromatic nitrogens is 2. The maximum Gasteiger partial charge on any atom is 0.263 e. The van der Waals surface area contributed by atoms with Gasteiger partial charge >= 0.3 is 0 Å². The van der Waals surface area contributed by atoms with Gasteiger partial charge in [0.25, 0.3) is 10.0 Å². The Hall–Kier alpha value is -3.11. The summed E-state index contributed by atoms with van der Waals surface area (Å²) in [6, 6.07) is 11.7. The fourth-order valence-corrected chi connectivity index (χ4v) is 4.99. The molecule has 1 aromatic heterocycles. The Morgan fingerprint density at radius 2 is 1.62 bits per heavy atom. The molecule has 0 amide bonds. The molecular formula is C22H24N4O5S. The van der Waals surface area contributed by atoms with Gasteiger partial charge in [0.15, 0.2) is 23.1 Å². The van der Waals surface area contributed by atoms with E-state index in [-0.39, 0.29) is 16.8 Å². The quantitative estimate of drug-likeness (QED) is 0.625. The Morgan fingerprint density at radius 3 is 2.25 bits per heavy atom. The number of nitrogens with zero attached hydrogens (tertiary/aromatic N) is 3. The lowest BCUT2D eigenvalue weighted by Gasteiger charge is -2.33. The molecule has 2 aromatic carbocycles. The summed E-state index contributed by atoms with van der Waals surface area (Å²) >= 11 is 0. The number of hydrogen-bond donors (Lipinski definition) is 1. The molecule has 3 aromatic rings. The SMILES string of the molecule is COC1CCN(c2nc3cc4c(cc3nc2NS(=O)(=O)c2ccccc2)OCCO4)CC1. The number of anilines is 2. The highest BCUT2D eigenvalue weighted by Gasteiger charge is 2.26. The first-order valence-electron chi connectivity index (χ1n) is 10.5. The molecule has 0 unspecified atom stereocenters. The first-order chi connectivity index (χ1) is 15.5.